The Bertz CT molecular complexity index is 615. The molecule has 7 nitrogen and oxygen atoms in total. The number of aromatic nitrogens is 2. The van der Waals surface area contributed by atoms with E-state index in [1.54, 1.807) is 12.4 Å². The van der Waals surface area contributed by atoms with Gasteiger partial charge in [-0.1, -0.05) is 6.42 Å². The van der Waals surface area contributed by atoms with Gasteiger partial charge in [0.2, 0.25) is 5.88 Å². The molecule has 4 rings (SSSR count). The Hall–Kier alpha value is -1.89. The van der Waals surface area contributed by atoms with Gasteiger partial charge in [-0.15, -0.1) is 0 Å². The summed E-state index contributed by atoms with van der Waals surface area (Å²) >= 11 is 0. The van der Waals surface area contributed by atoms with Crippen molar-refractivity contribution < 1.29 is 9.53 Å². The minimum Gasteiger partial charge on any atom is -0.469 e. The molecule has 2 amide bonds. The number of urea groups is 1. The highest BCUT2D eigenvalue weighted by molar-refractivity contribution is 5.75. The summed E-state index contributed by atoms with van der Waals surface area (Å²) in [5, 5.41) is 0. The third-order valence-electron chi connectivity index (χ3n) is 5.53. The first-order valence-electron chi connectivity index (χ1n) is 9.42. The number of likely N-dealkylation sites (tertiary alicyclic amines) is 1. The Balaban J connectivity index is 1.24. The molecule has 1 saturated carbocycles. The van der Waals surface area contributed by atoms with E-state index in [0.29, 0.717) is 19.0 Å². The van der Waals surface area contributed by atoms with Gasteiger partial charge in [0, 0.05) is 38.4 Å². The maximum Gasteiger partial charge on any atom is 0.320 e. The van der Waals surface area contributed by atoms with Crippen LogP contribution in [-0.4, -0.2) is 82.1 Å². The quantitative estimate of drug-likeness (QED) is 0.831. The predicted octanol–water partition coefficient (Wildman–Crippen LogP) is 1.53. The molecule has 2 saturated heterocycles. The number of rotatable bonds is 3. The molecule has 1 aliphatic carbocycles. The van der Waals surface area contributed by atoms with Crippen molar-refractivity contribution in [3.8, 4) is 5.88 Å². The van der Waals surface area contributed by atoms with Crippen LogP contribution in [0.25, 0.3) is 0 Å². The van der Waals surface area contributed by atoms with Crippen LogP contribution in [-0.2, 0) is 0 Å². The van der Waals surface area contributed by atoms with Gasteiger partial charge in [0.15, 0.2) is 0 Å². The second kappa shape index (κ2) is 7.15. The molecule has 3 fully saturated rings. The maximum atomic E-state index is 12.7. The number of aryl methyl sites for hydroxylation is 1. The van der Waals surface area contributed by atoms with Gasteiger partial charge in [-0.05, 0) is 26.2 Å². The maximum absolute atomic E-state index is 12.7. The number of carbonyl (C=O) groups is 1. The second-order valence-electron chi connectivity index (χ2n) is 7.39. The van der Waals surface area contributed by atoms with Crippen LogP contribution in [0.2, 0.25) is 0 Å². The monoisotopic (exact) mass is 345 g/mol. The highest BCUT2D eigenvalue weighted by Crippen LogP contribution is 2.26. The fraction of sp³-hybridized carbons (Fsp3) is 0.722. The zero-order chi connectivity index (χ0) is 17.2. The first-order valence-corrected chi connectivity index (χ1v) is 9.42. The van der Waals surface area contributed by atoms with Gasteiger partial charge < -0.3 is 14.5 Å². The minimum absolute atomic E-state index is 0.0264. The van der Waals surface area contributed by atoms with Gasteiger partial charge in [-0.3, -0.25) is 9.88 Å². The van der Waals surface area contributed by atoms with E-state index < -0.39 is 0 Å². The number of nitrogens with zero attached hydrogens (tertiary/aromatic N) is 5. The molecule has 3 aliphatic rings. The van der Waals surface area contributed by atoms with Crippen LogP contribution in [0.1, 0.15) is 31.4 Å². The average Bonchev–Trinajstić information content (AvgIpc) is 2.74. The van der Waals surface area contributed by atoms with E-state index in [0.717, 1.165) is 44.3 Å². The largest absolute Gasteiger partial charge is 0.469 e. The topological polar surface area (TPSA) is 61.8 Å². The lowest BCUT2D eigenvalue weighted by molar-refractivity contribution is 0.0280. The van der Waals surface area contributed by atoms with Crippen molar-refractivity contribution >= 4 is 6.03 Å². The molecule has 0 unspecified atom stereocenters. The fourth-order valence-electron chi connectivity index (χ4n) is 3.78. The number of ether oxygens (including phenoxy) is 1. The minimum atomic E-state index is 0.0264. The van der Waals surface area contributed by atoms with Crippen LogP contribution < -0.4 is 4.74 Å². The van der Waals surface area contributed by atoms with Crippen molar-refractivity contribution in [2.75, 3.05) is 39.3 Å². The standard InChI is InChI=1S/C18H27N5O2/c1-14-10-19-11-17(20-14)25-16-12-23(13-16)18(24)22-7-3-6-21(8-9-22)15-4-2-5-15/h10-11,15-16H,2-9,12-13H2,1H3. The highest BCUT2D eigenvalue weighted by Gasteiger charge is 2.36. The van der Waals surface area contributed by atoms with E-state index in [9.17, 15) is 4.79 Å². The van der Waals surface area contributed by atoms with Crippen molar-refractivity contribution in [2.24, 2.45) is 0 Å². The normalized spacial score (nSPS) is 22.9. The molecular formula is C18H27N5O2. The number of carbonyl (C=O) groups excluding carboxylic acids is 1. The predicted molar refractivity (Wildman–Crippen MR) is 93.6 cm³/mol. The molecule has 136 valence electrons. The van der Waals surface area contributed by atoms with Crippen LogP contribution in [0, 0.1) is 6.92 Å². The molecule has 1 aromatic rings. The van der Waals surface area contributed by atoms with E-state index in [-0.39, 0.29) is 12.1 Å². The first kappa shape index (κ1) is 16.6. The van der Waals surface area contributed by atoms with E-state index in [4.69, 9.17) is 4.74 Å². The summed E-state index contributed by atoms with van der Waals surface area (Å²) in [6, 6.07) is 0.929. The average molecular weight is 345 g/mol. The zero-order valence-corrected chi connectivity index (χ0v) is 14.9. The number of amides is 2. The molecular weight excluding hydrogens is 318 g/mol. The van der Waals surface area contributed by atoms with Crippen molar-refractivity contribution in [3.05, 3.63) is 18.1 Å². The van der Waals surface area contributed by atoms with Gasteiger partial charge in [-0.2, -0.15) is 0 Å². The highest BCUT2D eigenvalue weighted by atomic mass is 16.5. The molecule has 25 heavy (non-hydrogen) atoms. The molecule has 0 radical (unpaired) electrons. The lowest BCUT2D eigenvalue weighted by atomic mass is 9.91. The Labute approximate surface area is 149 Å². The summed E-state index contributed by atoms with van der Waals surface area (Å²) in [6.07, 6.45) is 8.47. The summed E-state index contributed by atoms with van der Waals surface area (Å²) in [7, 11) is 0. The van der Waals surface area contributed by atoms with Crippen LogP contribution >= 0.6 is 0 Å². The second-order valence-corrected chi connectivity index (χ2v) is 7.39. The Morgan fingerprint density at radius 2 is 1.92 bits per heavy atom. The van der Waals surface area contributed by atoms with Crippen LogP contribution in [0.5, 0.6) is 5.88 Å². The van der Waals surface area contributed by atoms with Gasteiger partial charge in [-0.25, -0.2) is 9.78 Å². The molecule has 2 aliphatic heterocycles. The van der Waals surface area contributed by atoms with E-state index in [2.05, 4.69) is 14.9 Å². The third kappa shape index (κ3) is 3.71. The van der Waals surface area contributed by atoms with Gasteiger partial charge in [0.25, 0.3) is 0 Å². The van der Waals surface area contributed by atoms with Gasteiger partial charge >= 0.3 is 6.03 Å². The summed E-state index contributed by atoms with van der Waals surface area (Å²) in [6.45, 7) is 7.03. The van der Waals surface area contributed by atoms with Gasteiger partial charge in [0.05, 0.1) is 25.0 Å². The molecule has 0 aromatic carbocycles. The summed E-state index contributed by atoms with van der Waals surface area (Å²) < 4.78 is 5.80. The lowest BCUT2D eigenvalue weighted by Gasteiger charge is -2.41. The fourth-order valence-corrected chi connectivity index (χ4v) is 3.78. The van der Waals surface area contributed by atoms with Crippen molar-refractivity contribution in [1.29, 1.82) is 0 Å². The van der Waals surface area contributed by atoms with Crippen LogP contribution in [0.3, 0.4) is 0 Å². The number of hydrogen-bond donors (Lipinski definition) is 0. The summed E-state index contributed by atoms with van der Waals surface area (Å²) in [4.78, 5) is 27.6. The molecule has 3 heterocycles. The number of hydrogen-bond acceptors (Lipinski definition) is 5. The summed E-state index contributed by atoms with van der Waals surface area (Å²) in [5.74, 6) is 0.544. The Kier molecular flexibility index (Phi) is 4.74. The van der Waals surface area contributed by atoms with Crippen molar-refractivity contribution in [3.63, 3.8) is 0 Å². The van der Waals surface area contributed by atoms with E-state index >= 15 is 0 Å². The third-order valence-corrected chi connectivity index (χ3v) is 5.53. The SMILES string of the molecule is Cc1cncc(OC2CN(C(=O)N3CCCN(C4CCC4)CC3)C2)n1. The molecule has 1 aromatic heterocycles. The van der Waals surface area contributed by atoms with Crippen LogP contribution in [0.4, 0.5) is 4.79 Å². The smallest absolute Gasteiger partial charge is 0.320 e. The molecule has 0 bridgehead atoms. The van der Waals surface area contributed by atoms with Crippen molar-refractivity contribution in [2.45, 2.75) is 44.8 Å². The Morgan fingerprint density at radius 3 is 2.64 bits per heavy atom. The molecule has 0 N–H and O–H groups in total. The van der Waals surface area contributed by atoms with E-state index in [1.165, 1.54) is 19.3 Å². The summed E-state index contributed by atoms with van der Waals surface area (Å²) in [5.41, 5.74) is 0.838. The first-order chi connectivity index (χ1) is 12.2. The molecule has 0 spiro atoms. The van der Waals surface area contributed by atoms with Crippen LogP contribution in [0.15, 0.2) is 12.4 Å². The van der Waals surface area contributed by atoms with Gasteiger partial charge in [0.1, 0.15) is 6.10 Å². The Morgan fingerprint density at radius 1 is 1.08 bits per heavy atom. The van der Waals surface area contributed by atoms with Crippen molar-refractivity contribution in [1.82, 2.24) is 24.7 Å². The van der Waals surface area contributed by atoms with E-state index in [1.807, 2.05) is 16.7 Å². The molecule has 0 atom stereocenters. The molecule has 7 heteroatoms. The zero-order valence-electron chi connectivity index (χ0n) is 14.9. The lowest BCUT2D eigenvalue weighted by Crippen LogP contribution is -2.60.